The second kappa shape index (κ2) is 6.20. The van der Waals surface area contributed by atoms with Crippen molar-refractivity contribution in [2.24, 2.45) is 5.41 Å². The zero-order chi connectivity index (χ0) is 14.6. The summed E-state index contributed by atoms with van der Waals surface area (Å²) in [5.41, 5.74) is -1.24. The molecule has 0 saturated carbocycles. The normalized spacial score (nSPS) is 15.7. The van der Waals surface area contributed by atoms with Gasteiger partial charge in [-0.15, -0.1) is 6.58 Å². The average molecular weight is 259 g/mol. The lowest BCUT2D eigenvalue weighted by Gasteiger charge is -2.33. The van der Waals surface area contributed by atoms with Crippen LogP contribution in [-0.2, 0) is 4.74 Å². The van der Waals surface area contributed by atoms with Crippen molar-refractivity contribution < 1.29 is 19.7 Å². The van der Waals surface area contributed by atoms with Gasteiger partial charge in [0.2, 0.25) is 0 Å². The molecule has 18 heavy (non-hydrogen) atoms. The molecule has 0 aromatic carbocycles. The van der Waals surface area contributed by atoms with Gasteiger partial charge < -0.3 is 20.3 Å². The maximum atomic E-state index is 11.6. The second-order valence-corrected chi connectivity index (χ2v) is 5.91. The van der Waals surface area contributed by atoms with Crippen molar-refractivity contribution in [2.75, 3.05) is 6.61 Å². The lowest BCUT2D eigenvalue weighted by atomic mass is 9.83. The molecule has 0 aliphatic carbocycles. The highest BCUT2D eigenvalue weighted by atomic mass is 16.6. The van der Waals surface area contributed by atoms with Crippen LogP contribution in [0.3, 0.4) is 0 Å². The van der Waals surface area contributed by atoms with Gasteiger partial charge in [-0.2, -0.15) is 0 Å². The molecule has 0 heterocycles. The summed E-state index contributed by atoms with van der Waals surface area (Å²) in [6, 6.07) is -0.798. The zero-order valence-electron chi connectivity index (χ0n) is 11.9. The first-order valence-corrected chi connectivity index (χ1v) is 5.95. The Morgan fingerprint density at radius 3 is 2.22 bits per heavy atom. The smallest absolute Gasteiger partial charge is 0.408 e. The van der Waals surface area contributed by atoms with E-state index in [0.717, 1.165) is 0 Å². The fourth-order valence-electron chi connectivity index (χ4n) is 1.32. The molecule has 1 amide bonds. The summed E-state index contributed by atoms with van der Waals surface area (Å²) in [5, 5.41) is 21.8. The van der Waals surface area contributed by atoms with Crippen molar-refractivity contribution in [2.45, 2.75) is 52.4 Å². The van der Waals surface area contributed by atoms with E-state index in [2.05, 4.69) is 11.9 Å². The molecule has 2 atom stereocenters. The minimum Gasteiger partial charge on any atom is -0.444 e. The van der Waals surface area contributed by atoms with Gasteiger partial charge in [0.25, 0.3) is 0 Å². The van der Waals surface area contributed by atoms with Crippen LogP contribution < -0.4 is 5.32 Å². The highest BCUT2D eigenvalue weighted by molar-refractivity contribution is 5.68. The number of amides is 1. The summed E-state index contributed by atoms with van der Waals surface area (Å²) < 4.78 is 5.07. The third kappa shape index (κ3) is 5.51. The lowest BCUT2D eigenvalue weighted by Crippen LogP contribution is -2.52. The van der Waals surface area contributed by atoms with Gasteiger partial charge >= 0.3 is 6.09 Å². The van der Waals surface area contributed by atoms with Crippen LogP contribution in [0, 0.1) is 5.41 Å². The summed E-state index contributed by atoms with van der Waals surface area (Å²) in [7, 11) is 0. The first kappa shape index (κ1) is 16.9. The van der Waals surface area contributed by atoms with E-state index in [9.17, 15) is 15.0 Å². The van der Waals surface area contributed by atoms with E-state index in [-0.39, 0.29) is 6.61 Å². The van der Waals surface area contributed by atoms with E-state index in [1.807, 2.05) is 0 Å². The van der Waals surface area contributed by atoms with Crippen molar-refractivity contribution in [3.63, 3.8) is 0 Å². The number of hydrogen-bond acceptors (Lipinski definition) is 4. The largest absolute Gasteiger partial charge is 0.444 e. The average Bonchev–Trinajstić information content (AvgIpc) is 2.22. The molecule has 0 fully saturated rings. The molecular weight excluding hydrogens is 234 g/mol. The second-order valence-electron chi connectivity index (χ2n) is 5.91. The van der Waals surface area contributed by atoms with E-state index in [0.29, 0.717) is 0 Å². The summed E-state index contributed by atoms with van der Waals surface area (Å²) in [5.74, 6) is 0. The van der Waals surface area contributed by atoms with E-state index < -0.39 is 29.3 Å². The molecule has 5 nitrogen and oxygen atoms in total. The number of nitrogens with one attached hydrogen (secondary N) is 1. The van der Waals surface area contributed by atoms with Crippen molar-refractivity contribution in [3.05, 3.63) is 12.7 Å². The van der Waals surface area contributed by atoms with Crippen molar-refractivity contribution in [1.29, 1.82) is 0 Å². The van der Waals surface area contributed by atoms with Crippen LogP contribution in [0.15, 0.2) is 12.7 Å². The Morgan fingerprint density at radius 2 is 1.89 bits per heavy atom. The van der Waals surface area contributed by atoms with Crippen LogP contribution >= 0.6 is 0 Å². The van der Waals surface area contributed by atoms with Gasteiger partial charge in [-0.3, -0.25) is 0 Å². The molecule has 0 rings (SSSR count). The predicted molar refractivity (Wildman–Crippen MR) is 70.2 cm³/mol. The van der Waals surface area contributed by atoms with E-state index in [4.69, 9.17) is 4.74 Å². The standard InChI is InChI=1S/C13H25NO4/c1-7-13(5,6)10(16)9(8-15)14-11(17)18-12(2,3)4/h7,9-10,15-16H,1,8H2,2-6H3,(H,14,17)/t9-,10+/m0/s1. The quantitative estimate of drug-likeness (QED) is 0.653. The van der Waals surface area contributed by atoms with Crippen molar-refractivity contribution in [1.82, 2.24) is 5.32 Å². The van der Waals surface area contributed by atoms with Crippen LogP contribution in [0.25, 0.3) is 0 Å². The Kier molecular flexibility index (Phi) is 5.83. The molecule has 106 valence electrons. The summed E-state index contributed by atoms with van der Waals surface area (Å²) in [6.45, 7) is 12.0. The number of rotatable bonds is 5. The number of aliphatic hydroxyl groups excluding tert-OH is 2. The van der Waals surface area contributed by atoms with Crippen LogP contribution in [0.5, 0.6) is 0 Å². The summed E-state index contributed by atoms with van der Waals surface area (Å²) in [6.07, 6.45) is -0.0372. The Morgan fingerprint density at radius 1 is 1.39 bits per heavy atom. The molecule has 0 bridgehead atoms. The monoisotopic (exact) mass is 259 g/mol. The molecule has 0 saturated heterocycles. The highest BCUT2D eigenvalue weighted by Gasteiger charge is 2.33. The van der Waals surface area contributed by atoms with Gasteiger partial charge in [0, 0.05) is 5.41 Å². The van der Waals surface area contributed by atoms with Crippen molar-refractivity contribution in [3.8, 4) is 0 Å². The maximum absolute atomic E-state index is 11.6. The predicted octanol–water partition coefficient (Wildman–Crippen LogP) is 1.45. The van der Waals surface area contributed by atoms with E-state index in [1.54, 1.807) is 40.7 Å². The molecule has 0 radical (unpaired) electrons. The number of alkyl carbamates (subject to hydrolysis) is 1. The number of carbonyl (C=O) groups excluding carboxylic acids is 1. The molecular formula is C13H25NO4. The SMILES string of the molecule is C=CC(C)(C)[C@H](O)[C@H](CO)NC(=O)OC(C)(C)C. The molecule has 0 aromatic heterocycles. The lowest BCUT2D eigenvalue weighted by molar-refractivity contribution is 0.00920. The Bertz CT molecular complexity index is 294. The van der Waals surface area contributed by atoms with Gasteiger partial charge in [0.05, 0.1) is 18.8 Å². The van der Waals surface area contributed by atoms with Gasteiger partial charge in [-0.05, 0) is 20.8 Å². The van der Waals surface area contributed by atoms with Crippen LogP contribution in [0.4, 0.5) is 4.79 Å². The van der Waals surface area contributed by atoms with Gasteiger partial charge in [-0.1, -0.05) is 19.9 Å². The number of ether oxygens (including phenoxy) is 1. The van der Waals surface area contributed by atoms with Crippen LogP contribution in [0.2, 0.25) is 0 Å². The molecule has 0 unspecified atom stereocenters. The number of aliphatic hydroxyl groups is 2. The molecule has 0 aliphatic rings. The Balaban J connectivity index is 4.62. The van der Waals surface area contributed by atoms with Gasteiger partial charge in [0.1, 0.15) is 5.60 Å². The van der Waals surface area contributed by atoms with Gasteiger partial charge in [0.15, 0.2) is 0 Å². The van der Waals surface area contributed by atoms with Crippen LogP contribution in [0.1, 0.15) is 34.6 Å². The maximum Gasteiger partial charge on any atom is 0.408 e. The highest BCUT2D eigenvalue weighted by Crippen LogP contribution is 2.24. The number of carbonyl (C=O) groups is 1. The van der Waals surface area contributed by atoms with E-state index in [1.165, 1.54) is 0 Å². The first-order valence-electron chi connectivity index (χ1n) is 5.95. The van der Waals surface area contributed by atoms with Crippen molar-refractivity contribution >= 4 is 6.09 Å². The molecule has 3 N–H and O–H groups in total. The summed E-state index contributed by atoms with van der Waals surface area (Å²) >= 11 is 0. The zero-order valence-corrected chi connectivity index (χ0v) is 11.9. The third-order valence-corrected chi connectivity index (χ3v) is 2.57. The minimum absolute atomic E-state index is 0.377. The Hall–Kier alpha value is -1.07. The minimum atomic E-state index is -0.951. The third-order valence-electron chi connectivity index (χ3n) is 2.57. The first-order chi connectivity index (χ1) is 8.03. The fourth-order valence-corrected chi connectivity index (χ4v) is 1.32. The molecule has 5 heteroatoms. The topological polar surface area (TPSA) is 78.8 Å². The van der Waals surface area contributed by atoms with Gasteiger partial charge in [-0.25, -0.2) is 4.79 Å². The van der Waals surface area contributed by atoms with Crippen LogP contribution in [-0.4, -0.2) is 40.7 Å². The number of hydrogen-bond donors (Lipinski definition) is 3. The molecule has 0 aliphatic heterocycles. The van der Waals surface area contributed by atoms with E-state index >= 15 is 0 Å². The molecule has 0 aromatic rings. The summed E-state index contributed by atoms with van der Waals surface area (Å²) in [4.78, 5) is 11.6. The fraction of sp³-hybridized carbons (Fsp3) is 0.769. The Labute approximate surface area is 109 Å². The molecule has 0 spiro atoms.